The smallest absolute Gasteiger partial charge is 0.276 e. The van der Waals surface area contributed by atoms with Gasteiger partial charge in [-0.3, -0.25) is 4.79 Å². The molecule has 1 saturated heterocycles. The number of hydrogen-bond donors (Lipinski definition) is 0. The maximum Gasteiger partial charge on any atom is 0.276 e. The molecule has 0 radical (unpaired) electrons. The molecule has 1 aromatic heterocycles. The Bertz CT molecular complexity index is 1070. The summed E-state index contributed by atoms with van der Waals surface area (Å²) >= 11 is 0. The summed E-state index contributed by atoms with van der Waals surface area (Å²) in [5.41, 5.74) is 4.53. The van der Waals surface area contributed by atoms with Crippen molar-refractivity contribution in [3.8, 4) is 23.2 Å². The van der Waals surface area contributed by atoms with E-state index in [4.69, 9.17) is 4.52 Å². The number of carbonyl (C=O) groups is 1. The number of likely N-dealkylation sites (tertiary alicyclic amines) is 1. The average Bonchev–Trinajstić information content (AvgIpc) is 3.27. The van der Waals surface area contributed by atoms with Crippen LogP contribution in [0, 0.1) is 17.8 Å². The maximum atomic E-state index is 12.8. The van der Waals surface area contributed by atoms with E-state index in [0.717, 1.165) is 36.2 Å². The van der Waals surface area contributed by atoms with Gasteiger partial charge >= 0.3 is 0 Å². The number of aromatic nitrogens is 1. The summed E-state index contributed by atoms with van der Waals surface area (Å²) in [6.45, 7) is 5.56. The van der Waals surface area contributed by atoms with Crippen molar-refractivity contribution in [3.63, 3.8) is 0 Å². The van der Waals surface area contributed by atoms with E-state index < -0.39 is 0 Å². The molecular formula is C25H25N3O2. The molecule has 1 atom stereocenters. The topological polar surface area (TPSA) is 58.7 Å². The maximum absolute atomic E-state index is 12.8. The minimum Gasteiger partial charge on any atom is -0.355 e. The van der Waals surface area contributed by atoms with Gasteiger partial charge in [-0.25, -0.2) is 4.99 Å². The van der Waals surface area contributed by atoms with Crippen molar-refractivity contribution in [1.82, 2.24) is 10.1 Å². The molecule has 5 nitrogen and oxygen atoms in total. The number of amides is 1. The normalized spacial score (nSPS) is 18.8. The van der Waals surface area contributed by atoms with Crippen molar-refractivity contribution in [2.75, 3.05) is 13.1 Å². The van der Waals surface area contributed by atoms with Gasteiger partial charge in [0, 0.05) is 30.4 Å². The van der Waals surface area contributed by atoms with Crippen molar-refractivity contribution < 1.29 is 9.32 Å². The molecule has 2 aliphatic rings. The number of carbonyl (C=O) groups excluding carboxylic acids is 1. The molecule has 30 heavy (non-hydrogen) atoms. The molecule has 5 heteroatoms. The van der Waals surface area contributed by atoms with E-state index in [9.17, 15) is 4.79 Å². The fourth-order valence-corrected chi connectivity index (χ4v) is 3.51. The van der Waals surface area contributed by atoms with Crippen molar-refractivity contribution in [2.45, 2.75) is 33.1 Å². The van der Waals surface area contributed by atoms with Gasteiger partial charge in [0.25, 0.3) is 5.91 Å². The second-order valence-electron chi connectivity index (χ2n) is 7.79. The molecule has 1 aromatic carbocycles. The van der Waals surface area contributed by atoms with Crippen LogP contribution in [0.3, 0.4) is 0 Å². The van der Waals surface area contributed by atoms with Gasteiger partial charge in [0.1, 0.15) is 5.70 Å². The molecular weight excluding hydrogens is 374 g/mol. The molecule has 0 saturated carbocycles. The van der Waals surface area contributed by atoms with Crippen LogP contribution in [0.5, 0.6) is 0 Å². The second kappa shape index (κ2) is 8.96. The minimum atomic E-state index is -0.0858. The van der Waals surface area contributed by atoms with Gasteiger partial charge in [-0.2, -0.15) is 0 Å². The van der Waals surface area contributed by atoms with Crippen LogP contribution in [-0.4, -0.2) is 34.8 Å². The summed E-state index contributed by atoms with van der Waals surface area (Å²) in [4.78, 5) is 19.1. The van der Waals surface area contributed by atoms with Gasteiger partial charge in [0.05, 0.1) is 0 Å². The minimum absolute atomic E-state index is 0.0858. The fourth-order valence-electron chi connectivity index (χ4n) is 3.51. The van der Waals surface area contributed by atoms with Crippen LogP contribution in [0.2, 0.25) is 0 Å². The summed E-state index contributed by atoms with van der Waals surface area (Å²) in [6, 6.07) is 11.4. The van der Waals surface area contributed by atoms with Gasteiger partial charge in [-0.05, 0) is 50.2 Å². The Morgan fingerprint density at radius 1 is 1.23 bits per heavy atom. The van der Waals surface area contributed by atoms with Crippen LogP contribution >= 0.6 is 0 Å². The first-order valence-electron chi connectivity index (χ1n) is 10.4. The third-order valence-electron chi connectivity index (χ3n) is 5.63. The number of hydrogen-bond acceptors (Lipinski definition) is 4. The molecule has 3 heterocycles. The molecule has 0 N–H and O–H groups in total. The molecule has 0 spiro atoms. The number of benzene rings is 1. The lowest BCUT2D eigenvalue weighted by Crippen LogP contribution is -2.36. The van der Waals surface area contributed by atoms with Gasteiger partial charge in [0.2, 0.25) is 0 Å². The number of piperidine rings is 1. The van der Waals surface area contributed by atoms with E-state index in [-0.39, 0.29) is 5.91 Å². The first-order valence-corrected chi connectivity index (χ1v) is 10.4. The standard InChI is InChI=1S/C25H25N3O2/c1-18-11-12-22(26-19(18)2)10-6-7-20-13-15-28(16-14-20)25(29)23-17-24(30-27-23)21-8-4-3-5-9-21/h3-5,7-9,12,17-18H,11,13-16H2,1-2H3. The highest BCUT2D eigenvalue weighted by Gasteiger charge is 2.23. The van der Waals surface area contributed by atoms with Crippen LogP contribution in [-0.2, 0) is 0 Å². The Hall–Kier alpha value is -3.39. The second-order valence-corrected chi connectivity index (χ2v) is 7.79. The molecule has 4 rings (SSSR count). The number of rotatable bonds is 2. The predicted octanol–water partition coefficient (Wildman–Crippen LogP) is 4.89. The van der Waals surface area contributed by atoms with E-state index in [2.05, 4.69) is 41.9 Å². The van der Waals surface area contributed by atoms with Crippen LogP contribution in [0.25, 0.3) is 11.3 Å². The van der Waals surface area contributed by atoms with Crippen LogP contribution in [0.4, 0.5) is 0 Å². The van der Waals surface area contributed by atoms with Gasteiger partial charge < -0.3 is 9.42 Å². The van der Waals surface area contributed by atoms with E-state index in [1.807, 2.05) is 41.3 Å². The summed E-state index contributed by atoms with van der Waals surface area (Å²) in [5, 5.41) is 3.98. The average molecular weight is 399 g/mol. The first kappa shape index (κ1) is 19.9. The Labute approximate surface area is 177 Å². The SMILES string of the molecule is CC1=NC(C#CC=C2CCN(C(=O)c3cc(-c4ccccc4)on3)CC2)=CCC1C. The lowest BCUT2D eigenvalue weighted by molar-refractivity contribution is 0.0733. The van der Waals surface area contributed by atoms with Gasteiger partial charge in [-0.1, -0.05) is 53.9 Å². The molecule has 1 unspecified atom stereocenters. The molecule has 2 aromatic rings. The van der Waals surface area contributed by atoms with Crippen molar-refractivity contribution in [3.05, 3.63) is 65.5 Å². The summed E-state index contributed by atoms with van der Waals surface area (Å²) in [5.74, 6) is 7.31. The molecule has 1 amide bonds. The molecule has 0 bridgehead atoms. The highest BCUT2D eigenvalue weighted by atomic mass is 16.5. The number of aliphatic imine (C=N–C) groups is 1. The highest BCUT2D eigenvalue weighted by molar-refractivity contribution is 5.93. The zero-order valence-corrected chi connectivity index (χ0v) is 17.4. The Morgan fingerprint density at radius 3 is 2.73 bits per heavy atom. The van der Waals surface area contributed by atoms with E-state index in [0.29, 0.717) is 30.5 Å². The molecule has 2 aliphatic heterocycles. The van der Waals surface area contributed by atoms with Crippen LogP contribution in [0.15, 0.2) is 69.3 Å². The van der Waals surface area contributed by atoms with E-state index in [1.165, 1.54) is 5.57 Å². The van der Waals surface area contributed by atoms with Crippen molar-refractivity contribution >= 4 is 11.6 Å². The van der Waals surface area contributed by atoms with Gasteiger partial charge in [-0.15, -0.1) is 0 Å². The third kappa shape index (κ3) is 4.60. The monoisotopic (exact) mass is 399 g/mol. The van der Waals surface area contributed by atoms with Crippen LogP contribution < -0.4 is 0 Å². The number of allylic oxidation sites excluding steroid dienone is 3. The summed E-state index contributed by atoms with van der Waals surface area (Å²) in [7, 11) is 0. The van der Waals surface area contributed by atoms with Crippen LogP contribution in [0.1, 0.15) is 43.6 Å². The number of nitrogens with zero attached hydrogens (tertiary/aromatic N) is 3. The Kier molecular flexibility index (Phi) is 5.94. The third-order valence-corrected chi connectivity index (χ3v) is 5.63. The largest absolute Gasteiger partial charge is 0.355 e. The predicted molar refractivity (Wildman–Crippen MR) is 118 cm³/mol. The summed E-state index contributed by atoms with van der Waals surface area (Å²) < 4.78 is 5.37. The molecule has 0 aliphatic carbocycles. The van der Waals surface area contributed by atoms with Crippen molar-refractivity contribution in [1.29, 1.82) is 0 Å². The van der Waals surface area contributed by atoms with Gasteiger partial charge in [0.15, 0.2) is 11.5 Å². The Balaban J connectivity index is 1.34. The highest BCUT2D eigenvalue weighted by Crippen LogP contribution is 2.22. The summed E-state index contributed by atoms with van der Waals surface area (Å²) in [6.07, 6.45) is 6.73. The molecule has 152 valence electrons. The van der Waals surface area contributed by atoms with E-state index in [1.54, 1.807) is 6.07 Å². The lowest BCUT2D eigenvalue weighted by Gasteiger charge is -2.27. The Morgan fingerprint density at radius 2 is 2.00 bits per heavy atom. The quantitative estimate of drug-likeness (QED) is 0.676. The fraction of sp³-hybridized carbons (Fsp3) is 0.320. The zero-order chi connectivity index (χ0) is 20.9. The first-order chi connectivity index (χ1) is 14.6. The zero-order valence-electron chi connectivity index (χ0n) is 17.4. The van der Waals surface area contributed by atoms with Crippen molar-refractivity contribution in [2.24, 2.45) is 10.9 Å². The molecule has 1 fully saturated rings. The van der Waals surface area contributed by atoms with E-state index >= 15 is 0 Å². The lowest BCUT2D eigenvalue weighted by atomic mass is 9.99.